The van der Waals surface area contributed by atoms with E-state index in [-0.39, 0.29) is 34.8 Å². The van der Waals surface area contributed by atoms with Gasteiger partial charge in [-0.25, -0.2) is 0 Å². The van der Waals surface area contributed by atoms with Gasteiger partial charge < -0.3 is 56.8 Å². The van der Waals surface area contributed by atoms with Crippen molar-refractivity contribution in [3.63, 3.8) is 0 Å². The van der Waals surface area contributed by atoms with Crippen molar-refractivity contribution in [3.8, 4) is 39.9 Å². The van der Waals surface area contributed by atoms with Gasteiger partial charge in [0.05, 0.1) is 11.5 Å². The fraction of sp³-hybridized carbons (Fsp3) is 0.312. The second-order valence-electron chi connectivity index (χ2n) is 11.9. The molecule has 6 rings (SSSR count). The summed E-state index contributed by atoms with van der Waals surface area (Å²) < 4.78 is 0. The van der Waals surface area contributed by atoms with Crippen molar-refractivity contribution in [3.05, 3.63) is 88.3 Å². The first-order valence-electron chi connectivity index (χ1n) is 13.9. The molecule has 6 unspecified atom stereocenters. The highest BCUT2D eigenvalue weighted by molar-refractivity contribution is 5.85. The van der Waals surface area contributed by atoms with Gasteiger partial charge in [0.2, 0.25) is 23.0 Å². The Balaban J connectivity index is 1.27. The highest BCUT2D eigenvalue weighted by atomic mass is 16.4. The van der Waals surface area contributed by atoms with E-state index in [2.05, 4.69) is 6.92 Å². The molecule has 3 aliphatic carbocycles. The van der Waals surface area contributed by atoms with Crippen LogP contribution in [0.5, 0.6) is 28.7 Å². The van der Waals surface area contributed by atoms with Gasteiger partial charge in [0.25, 0.3) is 0 Å². The van der Waals surface area contributed by atoms with Gasteiger partial charge in [-0.15, -0.1) is 0 Å². The number of hydrogen-bond acceptors (Lipinski definition) is 11. The lowest BCUT2D eigenvalue weighted by Gasteiger charge is -2.28. The summed E-state index contributed by atoms with van der Waals surface area (Å²) in [6, 6.07) is 14.1. The van der Waals surface area contributed by atoms with E-state index in [0.29, 0.717) is 17.5 Å². The number of phenols is 5. The minimum Gasteiger partial charge on any atom is -0.508 e. The topological polar surface area (TPSA) is 228 Å². The first-order valence-corrected chi connectivity index (χ1v) is 13.9. The van der Waals surface area contributed by atoms with Crippen LogP contribution in [0.15, 0.2) is 71.6 Å². The molecule has 3 aliphatic rings. The van der Waals surface area contributed by atoms with Crippen molar-refractivity contribution < 1.29 is 51.1 Å². The Morgan fingerprint density at radius 2 is 1.37 bits per heavy atom. The minimum absolute atomic E-state index is 0.00115. The molecule has 226 valence electrons. The van der Waals surface area contributed by atoms with Gasteiger partial charge in [-0.2, -0.15) is 0 Å². The quantitative estimate of drug-likeness (QED) is 0.143. The van der Waals surface area contributed by atoms with E-state index >= 15 is 0 Å². The molecule has 12 N–H and O–H groups in total. The second kappa shape index (κ2) is 9.65. The van der Waals surface area contributed by atoms with E-state index in [4.69, 9.17) is 5.73 Å². The molecule has 0 aliphatic heterocycles. The van der Waals surface area contributed by atoms with Crippen LogP contribution in [0.3, 0.4) is 0 Å². The van der Waals surface area contributed by atoms with Crippen LogP contribution in [0, 0.1) is 17.3 Å². The average molecular weight is 592 g/mol. The highest BCUT2D eigenvalue weighted by Gasteiger charge is 2.77. The van der Waals surface area contributed by atoms with Gasteiger partial charge in [0, 0.05) is 6.04 Å². The number of rotatable bonds is 6. The maximum Gasteiger partial charge on any atom is 0.208 e. The number of benzene rings is 3. The molecule has 1 spiro atoms. The van der Waals surface area contributed by atoms with Crippen LogP contribution in [-0.4, -0.2) is 63.2 Å². The zero-order valence-electron chi connectivity index (χ0n) is 23.0. The third-order valence-corrected chi connectivity index (χ3v) is 9.72. The molecular weight excluding hydrogens is 558 g/mol. The van der Waals surface area contributed by atoms with Crippen molar-refractivity contribution in [2.24, 2.45) is 23.0 Å². The summed E-state index contributed by atoms with van der Waals surface area (Å²) in [4.78, 5) is 0. The van der Waals surface area contributed by atoms with Crippen LogP contribution in [0.1, 0.15) is 41.9 Å². The van der Waals surface area contributed by atoms with Crippen LogP contribution >= 0.6 is 0 Å². The van der Waals surface area contributed by atoms with E-state index in [1.807, 2.05) is 12.1 Å². The molecule has 11 heteroatoms. The van der Waals surface area contributed by atoms with Crippen LogP contribution in [-0.2, 0) is 6.42 Å². The van der Waals surface area contributed by atoms with Gasteiger partial charge in [-0.05, 0) is 58.3 Å². The van der Waals surface area contributed by atoms with Crippen molar-refractivity contribution >= 4 is 0 Å². The number of aromatic hydroxyl groups is 5. The number of aliphatic hydroxyl groups excluding tert-OH is 5. The van der Waals surface area contributed by atoms with Crippen LogP contribution in [0.4, 0.5) is 0 Å². The standard InChI is InChI=1S/C32H33NO10/c1-12(14-5-3-7-16(10-14)20-24(36)28(40)31(43)29(41)25(20)37)21-17(32(21)11-18(32)33)9-13-4-2-6-15(8-13)19-22(34)26(38)30(42)27(39)23(19)35/h2-8,10,12,17-18,20-21,24,34-43H,9,11,33H2,1H3/t12?,17?,18?,20?,21?,24?,32-/m1/s1. The number of nitrogens with two attached hydrogens (primary N) is 1. The lowest BCUT2D eigenvalue weighted by Crippen LogP contribution is -2.29. The largest absolute Gasteiger partial charge is 0.508 e. The van der Waals surface area contributed by atoms with E-state index in [9.17, 15) is 51.1 Å². The molecule has 0 heterocycles. The molecule has 11 nitrogen and oxygen atoms in total. The molecule has 2 fully saturated rings. The summed E-state index contributed by atoms with van der Waals surface area (Å²) in [6.07, 6.45) is -0.198. The van der Waals surface area contributed by atoms with E-state index in [0.717, 1.165) is 17.5 Å². The van der Waals surface area contributed by atoms with Crippen molar-refractivity contribution in [1.29, 1.82) is 0 Å². The fourth-order valence-corrected chi connectivity index (χ4v) is 7.32. The number of phenolic OH excluding ortho intramolecular Hbond substituents is 5. The van der Waals surface area contributed by atoms with Gasteiger partial charge >= 0.3 is 0 Å². The molecule has 3 aromatic carbocycles. The lowest BCUT2D eigenvalue weighted by molar-refractivity contribution is 0.0907. The molecule has 2 saturated carbocycles. The van der Waals surface area contributed by atoms with Gasteiger partial charge in [-0.3, -0.25) is 0 Å². The van der Waals surface area contributed by atoms with Crippen molar-refractivity contribution in [2.45, 2.75) is 43.7 Å². The zero-order chi connectivity index (χ0) is 31.1. The third kappa shape index (κ3) is 4.10. The highest BCUT2D eigenvalue weighted by Crippen LogP contribution is 2.78. The van der Waals surface area contributed by atoms with Gasteiger partial charge in [-0.1, -0.05) is 55.5 Å². The van der Waals surface area contributed by atoms with Crippen LogP contribution in [0.2, 0.25) is 0 Å². The molecular formula is C32H33NO10. The van der Waals surface area contributed by atoms with Crippen molar-refractivity contribution in [2.75, 3.05) is 0 Å². The summed E-state index contributed by atoms with van der Waals surface area (Å²) in [7, 11) is 0. The molecule has 7 atom stereocenters. The van der Waals surface area contributed by atoms with Crippen molar-refractivity contribution in [1.82, 2.24) is 0 Å². The first-order chi connectivity index (χ1) is 20.3. The molecule has 0 saturated heterocycles. The average Bonchev–Trinajstić information content (AvgIpc) is 3.86. The Morgan fingerprint density at radius 1 is 0.791 bits per heavy atom. The smallest absolute Gasteiger partial charge is 0.208 e. The first kappa shape index (κ1) is 28.4. The van der Waals surface area contributed by atoms with E-state index in [1.165, 1.54) is 0 Å². The predicted octanol–water partition coefficient (Wildman–Crippen LogP) is 4.30. The maximum absolute atomic E-state index is 10.6. The van der Waals surface area contributed by atoms with E-state index in [1.54, 1.807) is 36.4 Å². The SMILES string of the molecule is CC(c1cccc(C2C(O)=C(O)C(O)=C(O)C2O)c1)C1C(Cc2cccc(-c3c(O)c(O)c(O)c(O)c3O)c2)[C@@]12CC2N. The molecule has 0 radical (unpaired) electrons. The molecule has 43 heavy (non-hydrogen) atoms. The predicted molar refractivity (Wildman–Crippen MR) is 154 cm³/mol. The summed E-state index contributed by atoms with van der Waals surface area (Å²) >= 11 is 0. The van der Waals surface area contributed by atoms with Crippen LogP contribution < -0.4 is 5.73 Å². The normalized spacial score (nSPS) is 28.8. The molecule has 3 aromatic rings. The lowest BCUT2D eigenvalue weighted by atomic mass is 9.83. The number of aliphatic hydroxyl groups is 5. The Labute approximate surface area is 246 Å². The summed E-state index contributed by atoms with van der Waals surface area (Å²) in [5.74, 6) is -8.59. The van der Waals surface area contributed by atoms with Crippen LogP contribution in [0.25, 0.3) is 11.1 Å². The summed E-state index contributed by atoms with van der Waals surface area (Å²) in [5, 5.41) is 102. The molecule has 0 bridgehead atoms. The Morgan fingerprint density at radius 3 is 2.00 bits per heavy atom. The Hall–Kier alpha value is -4.74. The van der Waals surface area contributed by atoms with Gasteiger partial charge in [0.15, 0.2) is 23.0 Å². The van der Waals surface area contributed by atoms with Gasteiger partial charge in [0.1, 0.15) is 11.9 Å². The monoisotopic (exact) mass is 591 g/mol. The molecule has 0 amide bonds. The Kier molecular flexibility index (Phi) is 6.37. The summed E-state index contributed by atoms with van der Waals surface area (Å²) in [6.45, 7) is 2.07. The second-order valence-corrected chi connectivity index (χ2v) is 11.9. The minimum atomic E-state index is -1.65. The fourth-order valence-electron chi connectivity index (χ4n) is 7.32. The van der Waals surface area contributed by atoms with E-state index < -0.39 is 63.8 Å². The number of hydrogen-bond donors (Lipinski definition) is 11. The zero-order valence-corrected chi connectivity index (χ0v) is 23.0. The third-order valence-electron chi connectivity index (χ3n) is 9.72. The Bertz CT molecular complexity index is 1690. The maximum atomic E-state index is 10.6. The summed E-state index contributed by atoms with van der Waals surface area (Å²) in [5.41, 5.74) is 8.68. The molecule has 0 aromatic heterocycles.